The van der Waals surface area contributed by atoms with E-state index in [1.807, 2.05) is 6.92 Å². The Morgan fingerprint density at radius 3 is 2.41 bits per heavy atom. The van der Waals surface area contributed by atoms with Crippen LogP contribution in [-0.4, -0.2) is 38.6 Å². The van der Waals surface area contributed by atoms with Crippen molar-refractivity contribution in [2.75, 3.05) is 24.5 Å². The fraction of sp³-hybridized carbons (Fsp3) is 0.429. The highest BCUT2D eigenvalue weighted by molar-refractivity contribution is 7.85. The first-order chi connectivity index (χ1) is 12.8. The minimum atomic E-state index is -4.02. The van der Waals surface area contributed by atoms with E-state index in [1.165, 1.54) is 49.3 Å². The van der Waals surface area contributed by atoms with Crippen molar-refractivity contribution in [2.24, 2.45) is 0 Å². The van der Waals surface area contributed by atoms with E-state index >= 15 is 0 Å². The molecule has 2 aromatic carbocycles. The number of para-hydroxylation sites is 1. The largest absolute Gasteiger partial charge is 0.371 e. The maximum Gasteiger partial charge on any atom is 0.294 e. The van der Waals surface area contributed by atoms with Crippen LogP contribution in [0.4, 0.5) is 5.69 Å². The second-order valence-electron chi connectivity index (χ2n) is 7.12. The van der Waals surface area contributed by atoms with Crippen molar-refractivity contribution in [3.63, 3.8) is 0 Å². The molecule has 0 amide bonds. The number of aryl methyl sites for hydroxylation is 1. The molecular weight excluding hydrogens is 360 g/mol. The number of hydrogen-bond donors (Lipinski definition) is 2. The molecule has 148 valence electrons. The third-order valence-corrected chi connectivity index (χ3v) is 5.33. The van der Waals surface area contributed by atoms with E-state index < -0.39 is 10.1 Å². The summed E-state index contributed by atoms with van der Waals surface area (Å²) in [4.78, 5) is 2.44. The average Bonchev–Trinajstić information content (AvgIpc) is 3.02. The van der Waals surface area contributed by atoms with E-state index in [2.05, 4.69) is 48.3 Å². The first-order valence-corrected chi connectivity index (χ1v) is 10.8. The lowest BCUT2D eigenvalue weighted by molar-refractivity contribution is 0.483. The van der Waals surface area contributed by atoms with Crippen molar-refractivity contribution in [2.45, 2.75) is 44.6 Å². The van der Waals surface area contributed by atoms with Crippen molar-refractivity contribution in [1.82, 2.24) is 5.32 Å². The van der Waals surface area contributed by atoms with Gasteiger partial charge in [0.2, 0.25) is 0 Å². The molecule has 0 bridgehead atoms. The Hall–Kier alpha value is -1.89. The summed E-state index contributed by atoms with van der Waals surface area (Å²) in [5.74, 6) is 0. The van der Waals surface area contributed by atoms with Gasteiger partial charge in [-0.25, -0.2) is 0 Å². The molecule has 0 spiro atoms. The first-order valence-electron chi connectivity index (χ1n) is 9.38. The molecule has 0 aromatic heterocycles. The zero-order chi connectivity index (χ0) is 19.9. The fourth-order valence-corrected chi connectivity index (χ4v) is 3.49. The number of rotatable bonds is 6. The Kier molecular flexibility index (Phi) is 7.83. The molecule has 1 aliphatic rings. The number of nitrogens with zero attached hydrogens (tertiary/aromatic N) is 1. The molecule has 2 N–H and O–H groups in total. The topological polar surface area (TPSA) is 69.6 Å². The molecule has 0 atom stereocenters. The zero-order valence-corrected chi connectivity index (χ0v) is 17.2. The summed E-state index contributed by atoms with van der Waals surface area (Å²) in [6, 6.07) is 15.4. The van der Waals surface area contributed by atoms with Crippen LogP contribution in [-0.2, 0) is 16.5 Å². The van der Waals surface area contributed by atoms with E-state index in [-0.39, 0.29) is 4.90 Å². The summed E-state index contributed by atoms with van der Waals surface area (Å²) in [6.45, 7) is 9.73. The van der Waals surface area contributed by atoms with E-state index in [4.69, 9.17) is 4.55 Å². The zero-order valence-electron chi connectivity index (χ0n) is 16.4. The van der Waals surface area contributed by atoms with Crippen LogP contribution in [0, 0.1) is 6.92 Å². The Morgan fingerprint density at radius 1 is 1.11 bits per heavy atom. The van der Waals surface area contributed by atoms with Crippen LogP contribution in [0.15, 0.2) is 53.4 Å². The average molecular weight is 391 g/mol. The van der Waals surface area contributed by atoms with Crippen LogP contribution in [0.25, 0.3) is 0 Å². The predicted octanol–water partition coefficient (Wildman–Crippen LogP) is 3.68. The van der Waals surface area contributed by atoms with Crippen molar-refractivity contribution in [1.29, 1.82) is 0 Å². The lowest BCUT2D eigenvalue weighted by Gasteiger charge is -2.19. The summed E-state index contributed by atoms with van der Waals surface area (Å²) >= 11 is 0. The van der Waals surface area contributed by atoms with Crippen molar-refractivity contribution in [3.8, 4) is 0 Å². The first kappa shape index (κ1) is 21.4. The van der Waals surface area contributed by atoms with Gasteiger partial charge in [0.05, 0.1) is 4.90 Å². The lowest BCUT2D eigenvalue weighted by atomic mass is 10.2. The molecule has 1 aliphatic heterocycles. The van der Waals surface area contributed by atoms with E-state index in [1.54, 1.807) is 12.1 Å². The van der Waals surface area contributed by atoms with Crippen LogP contribution < -0.4 is 10.2 Å². The third-order valence-electron chi connectivity index (χ3n) is 4.46. The molecular formula is C21H30N2O3S. The normalized spacial score (nSPS) is 13.3. The molecule has 0 unspecified atom stereocenters. The maximum absolute atomic E-state index is 10.5. The fourth-order valence-electron chi connectivity index (χ4n) is 3.01. The summed E-state index contributed by atoms with van der Waals surface area (Å²) < 4.78 is 29.6. The Bertz CT molecular complexity index is 818. The van der Waals surface area contributed by atoms with Gasteiger partial charge in [-0.2, -0.15) is 8.42 Å². The molecule has 0 fully saturated rings. The van der Waals surface area contributed by atoms with Crippen molar-refractivity contribution in [3.05, 3.63) is 59.7 Å². The number of hydrogen-bond acceptors (Lipinski definition) is 4. The smallest absolute Gasteiger partial charge is 0.294 e. The number of anilines is 1. The standard InChI is InChI=1S/C14H22N2.C7H8O3S/c1-12(2)15-9-5-10-16-11-8-13-6-3-4-7-14(13)16;1-6-2-4-7(5-3-6)11(8,9)10/h3-4,6-7,12,15H,5,8-11H2,1-2H3;2-5H,1H3,(H,8,9,10). The molecule has 3 rings (SSSR count). The van der Waals surface area contributed by atoms with Gasteiger partial charge in [0, 0.05) is 24.8 Å². The van der Waals surface area contributed by atoms with Gasteiger partial charge in [0.15, 0.2) is 0 Å². The molecule has 0 saturated heterocycles. The van der Waals surface area contributed by atoms with Gasteiger partial charge in [-0.05, 0) is 50.1 Å². The Morgan fingerprint density at radius 2 is 1.78 bits per heavy atom. The van der Waals surface area contributed by atoms with Crippen LogP contribution in [0.1, 0.15) is 31.4 Å². The number of benzene rings is 2. The van der Waals surface area contributed by atoms with Gasteiger partial charge in [-0.1, -0.05) is 49.7 Å². The lowest BCUT2D eigenvalue weighted by Crippen LogP contribution is -2.28. The quantitative estimate of drug-likeness (QED) is 0.582. The second-order valence-corrected chi connectivity index (χ2v) is 8.54. The minimum absolute atomic E-state index is 0.0666. The van der Waals surface area contributed by atoms with Gasteiger partial charge in [0.25, 0.3) is 10.1 Å². The highest BCUT2D eigenvalue weighted by Crippen LogP contribution is 2.27. The molecule has 0 aliphatic carbocycles. The highest BCUT2D eigenvalue weighted by atomic mass is 32.2. The van der Waals surface area contributed by atoms with Gasteiger partial charge in [-0.15, -0.1) is 0 Å². The molecule has 2 aromatic rings. The summed E-state index contributed by atoms with van der Waals surface area (Å²) in [7, 11) is -4.02. The second kappa shape index (κ2) is 9.88. The summed E-state index contributed by atoms with van der Waals surface area (Å²) in [6.07, 6.45) is 2.44. The number of nitrogens with one attached hydrogen (secondary N) is 1. The van der Waals surface area contributed by atoms with Gasteiger partial charge < -0.3 is 10.2 Å². The monoisotopic (exact) mass is 390 g/mol. The highest BCUT2D eigenvalue weighted by Gasteiger charge is 2.17. The van der Waals surface area contributed by atoms with E-state index in [0.717, 1.165) is 12.1 Å². The Labute approximate surface area is 163 Å². The van der Waals surface area contributed by atoms with Gasteiger partial charge in [-0.3, -0.25) is 4.55 Å². The van der Waals surface area contributed by atoms with E-state index in [0.29, 0.717) is 6.04 Å². The maximum atomic E-state index is 10.5. The summed E-state index contributed by atoms with van der Waals surface area (Å²) in [5.41, 5.74) is 3.92. The molecule has 27 heavy (non-hydrogen) atoms. The van der Waals surface area contributed by atoms with Crippen LogP contribution >= 0.6 is 0 Å². The summed E-state index contributed by atoms with van der Waals surface area (Å²) in [5, 5.41) is 3.47. The van der Waals surface area contributed by atoms with Crippen molar-refractivity contribution < 1.29 is 13.0 Å². The SMILES string of the molecule is CC(C)NCCCN1CCc2ccccc21.Cc1ccc(S(=O)(=O)O)cc1. The Balaban J connectivity index is 0.000000208. The molecule has 0 radical (unpaired) electrons. The third kappa shape index (κ3) is 6.97. The molecule has 0 saturated carbocycles. The molecule has 6 heteroatoms. The predicted molar refractivity (Wildman–Crippen MR) is 111 cm³/mol. The minimum Gasteiger partial charge on any atom is -0.371 e. The molecule has 5 nitrogen and oxygen atoms in total. The van der Waals surface area contributed by atoms with Crippen LogP contribution in [0.5, 0.6) is 0 Å². The van der Waals surface area contributed by atoms with Gasteiger partial charge in [0.1, 0.15) is 0 Å². The van der Waals surface area contributed by atoms with E-state index in [9.17, 15) is 8.42 Å². The van der Waals surface area contributed by atoms with Gasteiger partial charge >= 0.3 is 0 Å². The van der Waals surface area contributed by atoms with Crippen LogP contribution in [0.3, 0.4) is 0 Å². The molecule has 1 heterocycles. The van der Waals surface area contributed by atoms with Crippen molar-refractivity contribution >= 4 is 15.8 Å². The van der Waals surface area contributed by atoms with Crippen LogP contribution in [0.2, 0.25) is 0 Å². The number of fused-ring (bicyclic) bond motifs is 1.